The molecule has 0 radical (unpaired) electrons. The number of halogens is 1. The van der Waals surface area contributed by atoms with Crippen molar-refractivity contribution in [2.75, 3.05) is 11.1 Å². The van der Waals surface area contributed by atoms with E-state index in [0.717, 1.165) is 62.9 Å². The lowest BCUT2D eigenvalue weighted by atomic mass is 9.97. The van der Waals surface area contributed by atoms with Crippen LogP contribution in [0.5, 0.6) is 0 Å². The number of carbonyl (C=O) groups excluding carboxylic acids is 1. The summed E-state index contributed by atoms with van der Waals surface area (Å²) in [5, 5.41) is 4.28. The molecule has 1 N–H and O–H groups in total. The molecule has 2 heterocycles. The Bertz CT molecular complexity index is 1460. The summed E-state index contributed by atoms with van der Waals surface area (Å²) < 4.78 is 2.60. The highest BCUT2D eigenvalue weighted by atomic mass is 79.9. The third kappa shape index (κ3) is 4.59. The first-order valence-electron chi connectivity index (χ1n) is 11.2. The molecule has 174 valence electrons. The lowest BCUT2D eigenvalue weighted by Crippen LogP contribution is -2.23. The number of hydrogen-bond donors (Lipinski definition) is 1. The van der Waals surface area contributed by atoms with Gasteiger partial charge in [0.2, 0.25) is 5.91 Å². The summed E-state index contributed by atoms with van der Waals surface area (Å²) in [5.74, 6) is 0.0355. The second-order valence-electron chi connectivity index (χ2n) is 8.56. The minimum absolute atomic E-state index is 0.0517. The molecule has 0 saturated carbocycles. The third-order valence-electron chi connectivity index (χ3n) is 6.04. The maximum absolute atomic E-state index is 13.8. The number of anilines is 1. The monoisotopic (exact) mass is 553 g/mol. The van der Waals surface area contributed by atoms with Crippen molar-refractivity contribution >= 4 is 60.8 Å². The number of amides is 1. The minimum Gasteiger partial charge on any atom is -0.325 e. The molecule has 0 atom stereocenters. The zero-order valence-electron chi connectivity index (χ0n) is 19.0. The summed E-state index contributed by atoms with van der Waals surface area (Å²) in [4.78, 5) is 33.6. The molecule has 1 amide bonds. The number of thiophene rings is 1. The number of nitrogens with zero attached hydrogens (tertiary/aromatic N) is 2. The fourth-order valence-electron chi connectivity index (χ4n) is 4.29. The van der Waals surface area contributed by atoms with Crippen molar-refractivity contribution in [1.82, 2.24) is 9.55 Å². The molecule has 0 bridgehead atoms. The second kappa shape index (κ2) is 9.68. The molecular formula is C26H24BrN3O2S2. The number of aryl methyl sites for hydroxylation is 4. The lowest BCUT2D eigenvalue weighted by Gasteiger charge is -2.14. The van der Waals surface area contributed by atoms with Gasteiger partial charge >= 0.3 is 0 Å². The highest BCUT2D eigenvalue weighted by Gasteiger charge is 2.23. The van der Waals surface area contributed by atoms with Crippen LogP contribution in [0.15, 0.2) is 56.9 Å². The van der Waals surface area contributed by atoms with Crippen LogP contribution in [0.25, 0.3) is 15.9 Å². The second-order valence-corrected chi connectivity index (χ2v) is 11.5. The highest BCUT2D eigenvalue weighted by Crippen LogP contribution is 2.35. The van der Waals surface area contributed by atoms with E-state index >= 15 is 0 Å². The first kappa shape index (κ1) is 23.3. The summed E-state index contributed by atoms with van der Waals surface area (Å²) >= 11 is 6.39. The van der Waals surface area contributed by atoms with Crippen molar-refractivity contribution in [3.8, 4) is 5.69 Å². The first-order chi connectivity index (χ1) is 16.4. The predicted octanol–water partition coefficient (Wildman–Crippen LogP) is 6.44. The third-order valence-corrected chi connectivity index (χ3v) is 8.70. The van der Waals surface area contributed by atoms with Crippen LogP contribution in [0.2, 0.25) is 0 Å². The molecule has 5 nitrogen and oxygen atoms in total. The summed E-state index contributed by atoms with van der Waals surface area (Å²) in [6.45, 7) is 3.97. The molecule has 5 rings (SSSR count). The largest absolute Gasteiger partial charge is 0.325 e. The van der Waals surface area contributed by atoms with Crippen molar-refractivity contribution in [1.29, 1.82) is 0 Å². The number of nitrogens with one attached hydrogen (secondary N) is 1. The Kier molecular flexibility index (Phi) is 6.64. The van der Waals surface area contributed by atoms with Gasteiger partial charge in [0.15, 0.2) is 5.16 Å². The van der Waals surface area contributed by atoms with E-state index in [1.165, 1.54) is 22.2 Å². The van der Waals surface area contributed by atoms with Crippen LogP contribution in [0.1, 0.15) is 34.4 Å². The zero-order chi connectivity index (χ0) is 23.8. The van der Waals surface area contributed by atoms with Crippen molar-refractivity contribution in [2.24, 2.45) is 0 Å². The van der Waals surface area contributed by atoms with Gasteiger partial charge in [-0.2, -0.15) is 0 Å². The Labute approximate surface area is 214 Å². The first-order valence-corrected chi connectivity index (χ1v) is 13.8. The van der Waals surface area contributed by atoms with Crippen LogP contribution in [0.3, 0.4) is 0 Å². The van der Waals surface area contributed by atoms with Gasteiger partial charge in [-0.1, -0.05) is 39.8 Å². The smallest absolute Gasteiger partial charge is 0.267 e. The van der Waals surface area contributed by atoms with Gasteiger partial charge in [0.25, 0.3) is 5.56 Å². The van der Waals surface area contributed by atoms with E-state index in [4.69, 9.17) is 4.98 Å². The highest BCUT2D eigenvalue weighted by molar-refractivity contribution is 9.10. The zero-order valence-corrected chi connectivity index (χ0v) is 22.2. The van der Waals surface area contributed by atoms with Crippen LogP contribution in [0.4, 0.5) is 5.69 Å². The van der Waals surface area contributed by atoms with Gasteiger partial charge in [0.1, 0.15) is 4.83 Å². The number of carbonyl (C=O) groups is 1. The fourth-order valence-corrected chi connectivity index (χ4v) is 6.67. The van der Waals surface area contributed by atoms with Crippen molar-refractivity contribution in [3.63, 3.8) is 0 Å². The summed E-state index contributed by atoms with van der Waals surface area (Å²) in [5.41, 5.74) is 4.77. The van der Waals surface area contributed by atoms with Crippen LogP contribution < -0.4 is 10.9 Å². The lowest BCUT2D eigenvalue weighted by molar-refractivity contribution is -0.113. The molecule has 0 aliphatic heterocycles. The van der Waals surface area contributed by atoms with Crippen molar-refractivity contribution in [3.05, 3.63) is 78.9 Å². The molecule has 0 saturated heterocycles. The van der Waals surface area contributed by atoms with E-state index in [1.54, 1.807) is 15.9 Å². The van der Waals surface area contributed by atoms with E-state index in [2.05, 4.69) is 21.2 Å². The number of benzene rings is 2. The minimum atomic E-state index is -0.124. The van der Waals surface area contributed by atoms with Crippen LogP contribution in [-0.2, 0) is 17.6 Å². The Balaban J connectivity index is 1.52. The normalized spacial score (nSPS) is 13.1. The van der Waals surface area contributed by atoms with Gasteiger partial charge in [-0.15, -0.1) is 11.3 Å². The van der Waals surface area contributed by atoms with E-state index in [-0.39, 0.29) is 17.2 Å². The van der Waals surface area contributed by atoms with E-state index in [9.17, 15) is 9.59 Å². The predicted molar refractivity (Wildman–Crippen MR) is 145 cm³/mol. The Morgan fingerprint density at radius 1 is 1.15 bits per heavy atom. The van der Waals surface area contributed by atoms with Gasteiger partial charge in [0, 0.05) is 15.0 Å². The topological polar surface area (TPSA) is 64.0 Å². The Hall–Kier alpha value is -2.42. The SMILES string of the molecule is Cc1ccc(C)c(NC(=O)CSc2nc3sc4c(c3c(=O)n2-c2ccc(Br)cc2)CCCC4)c1. The molecule has 4 aromatic rings. The van der Waals surface area contributed by atoms with Gasteiger partial charge in [-0.05, 0) is 86.6 Å². The molecular weight excluding hydrogens is 530 g/mol. The Morgan fingerprint density at radius 3 is 2.71 bits per heavy atom. The summed E-state index contributed by atoms with van der Waals surface area (Å²) in [6.07, 6.45) is 4.19. The van der Waals surface area contributed by atoms with E-state index < -0.39 is 0 Å². The van der Waals surface area contributed by atoms with Crippen LogP contribution >= 0.6 is 39.0 Å². The average molecular weight is 555 g/mol. The molecule has 8 heteroatoms. The van der Waals surface area contributed by atoms with Crippen molar-refractivity contribution < 1.29 is 4.79 Å². The quantitative estimate of drug-likeness (QED) is 0.228. The van der Waals surface area contributed by atoms with Crippen molar-refractivity contribution in [2.45, 2.75) is 44.7 Å². The summed E-state index contributed by atoms with van der Waals surface area (Å²) in [6, 6.07) is 13.6. The number of thioether (sulfide) groups is 1. The standard InChI is InChI=1S/C26H24BrN3O2S2/c1-15-7-8-16(2)20(13-15)28-22(31)14-33-26-29-24-23(19-5-3-4-6-21(19)34-24)25(32)30(26)18-11-9-17(27)10-12-18/h7-13H,3-6,14H2,1-2H3,(H,28,31). The molecule has 1 aliphatic carbocycles. The molecule has 0 fully saturated rings. The van der Waals surface area contributed by atoms with Gasteiger partial charge in [-0.25, -0.2) is 4.98 Å². The molecule has 1 aliphatic rings. The number of fused-ring (bicyclic) bond motifs is 3. The average Bonchev–Trinajstić information content (AvgIpc) is 3.20. The molecule has 34 heavy (non-hydrogen) atoms. The number of aromatic nitrogens is 2. The van der Waals surface area contributed by atoms with Gasteiger partial charge < -0.3 is 5.32 Å². The number of hydrogen-bond acceptors (Lipinski definition) is 5. The van der Waals surface area contributed by atoms with Crippen LogP contribution in [0, 0.1) is 13.8 Å². The van der Waals surface area contributed by atoms with Gasteiger partial charge in [-0.3, -0.25) is 14.2 Å². The van der Waals surface area contributed by atoms with Gasteiger partial charge in [0.05, 0.1) is 16.8 Å². The molecule has 0 spiro atoms. The fraction of sp³-hybridized carbons (Fsp3) is 0.269. The van der Waals surface area contributed by atoms with Crippen LogP contribution in [-0.4, -0.2) is 21.2 Å². The molecule has 2 aromatic carbocycles. The van der Waals surface area contributed by atoms with E-state index in [0.29, 0.717) is 5.16 Å². The maximum atomic E-state index is 13.8. The summed E-state index contributed by atoms with van der Waals surface area (Å²) in [7, 11) is 0. The molecule has 0 unspecified atom stereocenters. The molecule has 2 aromatic heterocycles. The maximum Gasteiger partial charge on any atom is 0.267 e. The number of rotatable bonds is 5. The Morgan fingerprint density at radius 2 is 1.91 bits per heavy atom. The van der Waals surface area contributed by atoms with E-state index in [1.807, 2.05) is 56.3 Å².